The number of phenolic OH excluding ortho intramolecular Hbond substituents is 1. The zero-order valence-electron chi connectivity index (χ0n) is 22.2. The molecule has 0 radical (unpaired) electrons. The maximum absolute atomic E-state index is 12.7. The largest absolute Gasteiger partial charge is 0.507 e. The number of esters is 4. The molecule has 1 aliphatic heterocycles. The number of hydrogen-bond donors (Lipinski definition) is 1. The molecule has 0 bridgehead atoms. The van der Waals surface area contributed by atoms with Crippen LogP contribution >= 0.6 is 0 Å². The van der Waals surface area contributed by atoms with Crippen molar-refractivity contribution in [3.63, 3.8) is 0 Å². The van der Waals surface area contributed by atoms with Crippen LogP contribution in [0.1, 0.15) is 43.7 Å². The number of hydrogen-bond acceptors (Lipinski definition) is 13. The maximum Gasteiger partial charge on any atom is 0.303 e. The summed E-state index contributed by atoms with van der Waals surface area (Å²) in [6.07, 6.45) is -5.41. The second kappa shape index (κ2) is 13.5. The van der Waals surface area contributed by atoms with Gasteiger partial charge in [0.05, 0.1) is 12.0 Å². The fourth-order valence-electron chi connectivity index (χ4n) is 4.00. The summed E-state index contributed by atoms with van der Waals surface area (Å²) in [6.45, 7) is 4.03. The smallest absolute Gasteiger partial charge is 0.303 e. The molecule has 13 heteroatoms. The van der Waals surface area contributed by atoms with Crippen LogP contribution in [0, 0.1) is 0 Å². The fraction of sp³-hybridized carbons (Fsp3) is 0.407. The molecule has 0 unspecified atom stereocenters. The van der Waals surface area contributed by atoms with E-state index < -0.39 is 72.7 Å². The monoisotopic (exact) mass is 559 g/mol. The van der Waals surface area contributed by atoms with Crippen molar-refractivity contribution in [1.82, 2.24) is 4.98 Å². The fourth-order valence-corrected chi connectivity index (χ4v) is 4.00. The number of phenols is 1. The Morgan fingerprint density at radius 2 is 1.50 bits per heavy atom. The molecule has 1 aromatic heterocycles. The Labute approximate surface area is 229 Å². The second-order valence-corrected chi connectivity index (χ2v) is 8.79. The average molecular weight is 560 g/mol. The van der Waals surface area contributed by atoms with Gasteiger partial charge in [-0.2, -0.15) is 0 Å². The van der Waals surface area contributed by atoms with Crippen molar-refractivity contribution in [2.75, 3.05) is 6.61 Å². The van der Waals surface area contributed by atoms with E-state index in [1.807, 2.05) is 0 Å². The lowest BCUT2D eigenvalue weighted by atomic mass is 9.98. The summed E-state index contributed by atoms with van der Waals surface area (Å²) >= 11 is 0. The highest BCUT2D eigenvalue weighted by atomic mass is 16.7. The van der Waals surface area contributed by atoms with Gasteiger partial charge >= 0.3 is 23.9 Å². The molecule has 1 N–H and O–H groups in total. The van der Waals surface area contributed by atoms with Gasteiger partial charge < -0.3 is 33.5 Å². The summed E-state index contributed by atoms with van der Waals surface area (Å²) in [6, 6.07) is 8.99. The Hall–Kier alpha value is -4.52. The van der Waals surface area contributed by atoms with Crippen LogP contribution in [0.2, 0.25) is 0 Å². The van der Waals surface area contributed by atoms with Gasteiger partial charge in [-0.3, -0.25) is 29.0 Å². The third-order valence-corrected chi connectivity index (χ3v) is 5.54. The lowest BCUT2D eigenvalue weighted by Crippen LogP contribution is -2.63. The van der Waals surface area contributed by atoms with Crippen molar-refractivity contribution in [3.8, 4) is 11.5 Å². The number of benzene rings is 1. The Morgan fingerprint density at radius 3 is 2.08 bits per heavy atom. The van der Waals surface area contributed by atoms with Gasteiger partial charge in [-0.25, -0.2) is 0 Å². The van der Waals surface area contributed by atoms with Crippen LogP contribution in [-0.2, 0) is 49.3 Å². The number of pyridine rings is 1. The normalized spacial score (nSPS) is 21.9. The first-order valence-corrected chi connectivity index (χ1v) is 12.2. The minimum Gasteiger partial charge on any atom is -0.507 e. The number of nitrogens with zero attached hydrogens (tertiary/aromatic N) is 1. The van der Waals surface area contributed by atoms with Crippen LogP contribution in [0.4, 0.5) is 0 Å². The Balaban J connectivity index is 1.91. The van der Waals surface area contributed by atoms with E-state index >= 15 is 0 Å². The van der Waals surface area contributed by atoms with Crippen LogP contribution in [0.25, 0.3) is 0 Å². The topological polar surface area (TPSA) is 174 Å². The number of ether oxygens (including phenoxy) is 6. The molecule has 5 atom stereocenters. The predicted octanol–water partition coefficient (Wildman–Crippen LogP) is 1.67. The van der Waals surface area contributed by atoms with Crippen LogP contribution in [-0.4, -0.2) is 77.1 Å². The molecule has 3 rings (SSSR count). The molecular weight excluding hydrogens is 530 g/mol. The van der Waals surface area contributed by atoms with Gasteiger partial charge in [0.15, 0.2) is 18.0 Å². The van der Waals surface area contributed by atoms with E-state index in [9.17, 15) is 29.1 Å². The average Bonchev–Trinajstić information content (AvgIpc) is 2.86. The van der Waals surface area contributed by atoms with Gasteiger partial charge in [-0.15, -0.1) is 0 Å². The highest BCUT2D eigenvalue weighted by molar-refractivity contribution is 5.99. The molecule has 1 aromatic carbocycles. The predicted molar refractivity (Wildman–Crippen MR) is 133 cm³/mol. The molecule has 1 fully saturated rings. The third kappa shape index (κ3) is 8.24. The van der Waals surface area contributed by atoms with E-state index in [0.717, 1.165) is 33.8 Å². The number of carbonyl (C=O) groups excluding carboxylic acids is 5. The van der Waals surface area contributed by atoms with Gasteiger partial charge in [-0.05, 0) is 24.3 Å². The number of Topliss-reactive ketones (excluding diaryl/α,β-unsaturated/α-hetero) is 1. The van der Waals surface area contributed by atoms with Crippen molar-refractivity contribution in [1.29, 1.82) is 0 Å². The zero-order chi connectivity index (χ0) is 29.4. The summed E-state index contributed by atoms with van der Waals surface area (Å²) in [5, 5.41) is 10.6. The molecule has 214 valence electrons. The van der Waals surface area contributed by atoms with Crippen LogP contribution in [0.3, 0.4) is 0 Å². The molecule has 0 saturated carbocycles. The summed E-state index contributed by atoms with van der Waals surface area (Å²) in [4.78, 5) is 64.0. The van der Waals surface area contributed by atoms with E-state index in [1.54, 1.807) is 24.4 Å². The van der Waals surface area contributed by atoms with Crippen LogP contribution < -0.4 is 4.74 Å². The van der Waals surface area contributed by atoms with Gasteiger partial charge in [0.1, 0.15) is 24.2 Å². The molecule has 40 heavy (non-hydrogen) atoms. The number of ketones is 1. The molecule has 1 aliphatic rings. The summed E-state index contributed by atoms with van der Waals surface area (Å²) < 4.78 is 32.8. The third-order valence-electron chi connectivity index (χ3n) is 5.54. The first-order valence-electron chi connectivity index (χ1n) is 12.2. The van der Waals surface area contributed by atoms with E-state index in [0.29, 0.717) is 5.69 Å². The summed E-state index contributed by atoms with van der Waals surface area (Å²) in [5.74, 6) is -3.82. The Kier molecular flexibility index (Phi) is 10.1. The first kappa shape index (κ1) is 30.0. The highest BCUT2D eigenvalue weighted by Crippen LogP contribution is 2.32. The maximum atomic E-state index is 12.7. The minimum atomic E-state index is -1.49. The van der Waals surface area contributed by atoms with E-state index in [-0.39, 0.29) is 17.7 Å². The highest BCUT2D eigenvalue weighted by Gasteiger charge is 2.53. The van der Waals surface area contributed by atoms with Crippen LogP contribution in [0.15, 0.2) is 42.6 Å². The van der Waals surface area contributed by atoms with Crippen LogP contribution in [0.5, 0.6) is 11.5 Å². The first-order chi connectivity index (χ1) is 18.9. The zero-order valence-corrected chi connectivity index (χ0v) is 22.2. The van der Waals surface area contributed by atoms with Gasteiger partial charge in [0.2, 0.25) is 12.4 Å². The standard InChI is InChI=1S/C27H29NO12/c1-14(29)35-13-23-24(36-15(2)30)25(37-16(3)31)26(38-17(4)32)27(40-23)39-19-8-9-20(22(34)12-19)21(33)11-18-7-5-6-10-28-18/h5-10,12,23-27,34H,11,13H2,1-4H3/t23-,24-,25+,26-,27-/m1/s1. The van der Waals surface area contributed by atoms with Crippen molar-refractivity contribution in [2.45, 2.75) is 64.8 Å². The van der Waals surface area contributed by atoms with Gasteiger partial charge in [-0.1, -0.05) is 6.07 Å². The molecule has 0 aliphatic carbocycles. The van der Waals surface area contributed by atoms with Gasteiger partial charge in [0, 0.05) is 45.7 Å². The summed E-state index contributed by atoms with van der Waals surface area (Å²) in [5.41, 5.74) is 0.532. The van der Waals surface area contributed by atoms with Gasteiger partial charge in [0.25, 0.3) is 0 Å². The van der Waals surface area contributed by atoms with Crippen molar-refractivity contribution < 1.29 is 57.5 Å². The number of rotatable bonds is 10. The minimum absolute atomic E-state index is 0.00668. The molecule has 1 saturated heterocycles. The quantitative estimate of drug-likeness (QED) is 0.253. The van der Waals surface area contributed by atoms with Crippen molar-refractivity contribution in [3.05, 3.63) is 53.9 Å². The lowest BCUT2D eigenvalue weighted by molar-refractivity contribution is -0.288. The SMILES string of the molecule is CC(=O)OC[C@H]1O[C@@H](Oc2ccc(C(=O)Cc3ccccn3)c(O)c2)[C@H](OC(C)=O)[C@@H](OC(C)=O)[C@@H]1OC(C)=O. The molecule has 13 nitrogen and oxygen atoms in total. The Morgan fingerprint density at radius 1 is 0.850 bits per heavy atom. The van der Waals surface area contributed by atoms with E-state index in [2.05, 4.69) is 4.98 Å². The molecule has 2 heterocycles. The lowest BCUT2D eigenvalue weighted by Gasteiger charge is -2.43. The summed E-state index contributed by atoms with van der Waals surface area (Å²) in [7, 11) is 0. The van der Waals surface area contributed by atoms with E-state index in [4.69, 9.17) is 28.4 Å². The number of carbonyl (C=O) groups is 5. The molecule has 0 amide bonds. The second-order valence-electron chi connectivity index (χ2n) is 8.79. The number of aromatic nitrogens is 1. The molecular formula is C27H29NO12. The van der Waals surface area contributed by atoms with Crippen molar-refractivity contribution >= 4 is 29.7 Å². The van der Waals surface area contributed by atoms with E-state index in [1.165, 1.54) is 12.1 Å². The molecule has 2 aromatic rings. The Bertz CT molecular complexity index is 1250. The number of aromatic hydroxyl groups is 1. The van der Waals surface area contributed by atoms with Crippen molar-refractivity contribution in [2.24, 2.45) is 0 Å². The molecule has 0 spiro atoms.